The molecule has 0 unspecified atom stereocenters. The summed E-state index contributed by atoms with van der Waals surface area (Å²) in [6.45, 7) is 0. The van der Waals surface area contributed by atoms with Crippen molar-refractivity contribution in [2.45, 2.75) is 0 Å². The average Bonchev–Trinajstić information content (AvgIpc) is 2.29. The second-order valence-electron chi connectivity index (χ2n) is 3.51. The largest absolute Gasteiger partial charge is 0.478 e. The number of carbonyl (C=O) groups is 1. The van der Waals surface area contributed by atoms with Crippen LogP contribution in [0.3, 0.4) is 0 Å². The molecule has 0 bridgehead atoms. The van der Waals surface area contributed by atoms with E-state index in [1.807, 2.05) is 0 Å². The first-order valence-corrected chi connectivity index (χ1v) is 5.24. The van der Waals surface area contributed by atoms with Gasteiger partial charge in [0, 0.05) is 10.6 Å². The lowest BCUT2D eigenvalue weighted by atomic mass is 10.0. The van der Waals surface area contributed by atoms with Gasteiger partial charge in [-0.05, 0) is 35.9 Å². The van der Waals surface area contributed by atoms with E-state index in [1.165, 1.54) is 12.1 Å². The topological polar surface area (TPSA) is 37.3 Å². The first-order valence-electron chi connectivity index (χ1n) is 4.87. The van der Waals surface area contributed by atoms with Crippen molar-refractivity contribution in [2.24, 2.45) is 0 Å². The van der Waals surface area contributed by atoms with Gasteiger partial charge in [-0.3, -0.25) is 0 Å². The molecule has 2 aromatic rings. The van der Waals surface area contributed by atoms with Crippen LogP contribution in [0.1, 0.15) is 10.4 Å². The Kier molecular flexibility index (Phi) is 3.11. The lowest BCUT2D eigenvalue weighted by Crippen LogP contribution is -1.97. The summed E-state index contributed by atoms with van der Waals surface area (Å²) >= 11 is 5.81. The molecule has 0 aliphatic rings. The predicted molar refractivity (Wildman–Crippen MR) is 63.8 cm³/mol. The van der Waals surface area contributed by atoms with Crippen LogP contribution in [0.2, 0.25) is 5.02 Å². The molecule has 0 amide bonds. The number of halogens is 2. The number of aromatic carboxylic acids is 1. The van der Waals surface area contributed by atoms with Crippen molar-refractivity contribution in [2.75, 3.05) is 0 Å². The molecule has 0 atom stereocenters. The van der Waals surface area contributed by atoms with E-state index in [4.69, 9.17) is 16.7 Å². The Morgan fingerprint density at radius 3 is 2.59 bits per heavy atom. The minimum Gasteiger partial charge on any atom is -0.478 e. The molecule has 4 heteroatoms. The van der Waals surface area contributed by atoms with E-state index in [0.29, 0.717) is 10.6 Å². The van der Waals surface area contributed by atoms with Crippen LogP contribution < -0.4 is 0 Å². The highest BCUT2D eigenvalue weighted by Gasteiger charge is 2.10. The van der Waals surface area contributed by atoms with Crippen LogP contribution in [0.25, 0.3) is 11.1 Å². The number of carboxylic acid groups (broad SMARTS) is 1. The molecule has 0 radical (unpaired) electrons. The Morgan fingerprint density at radius 2 is 1.94 bits per heavy atom. The summed E-state index contributed by atoms with van der Waals surface area (Å²) in [6.07, 6.45) is 0. The van der Waals surface area contributed by atoms with Crippen molar-refractivity contribution in [1.29, 1.82) is 0 Å². The van der Waals surface area contributed by atoms with Crippen LogP contribution >= 0.6 is 11.6 Å². The second-order valence-corrected chi connectivity index (χ2v) is 3.95. The Morgan fingerprint density at radius 1 is 1.18 bits per heavy atom. The van der Waals surface area contributed by atoms with Gasteiger partial charge in [-0.1, -0.05) is 23.7 Å². The van der Waals surface area contributed by atoms with E-state index in [2.05, 4.69) is 0 Å². The lowest BCUT2D eigenvalue weighted by Gasteiger charge is -2.05. The van der Waals surface area contributed by atoms with Gasteiger partial charge in [0.2, 0.25) is 0 Å². The van der Waals surface area contributed by atoms with Crippen molar-refractivity contribution in [3.8, 4) is 11.1 Å². The normalized spacial score (nSPS) is 10.2. The summed E-state index contributed by atoms with van der Waals surface area (Å²) in [7, 11) is 0. The molecule has 2 aromatic carbocycles. The van der Waals surface area contributed by atoms with E-state index in [0.717, 1.165) is 6.07 Å². The Balaban J connectivity index is 2.58. The van der Waals surface area contributed by atoms with Gasteiger partial charge in [0.05, 0.1) is 5.56 Å². The zero-order valence-electron chi connectivity index (χ0n) is 8.65. The summed E-state index contributed by atoms with van der Waals surface area (Å²) in [4.78, 5) is 10.8. The van der Waals surface area contributed by atoms with E-state index >= 15 is 0 Å². The molecule has 17 heavy (non-hydrogen) atoms. The summed E-state index contributed by atoms with van der Waals surface area (Å²) in [6, 6.07) is 10.3. The molecule has 0 saturated carbocycles. The fourth-order valence-corrected chi connectivity index (χ4v) is 1.73. The van der Waals surface area contributed by atoms with Crippen LogP contribution in [-0.4, -0.2) is 11.1 Å². The van der Waals surface area contributed by atoms with Gasteiger partial charge in [-0.15, -0.1) is 0 Å². The predicted octanol–water partition coefficient (Wildman–Crippen LogP) is 3.84. The minimum absolute atomic E-state index is 0.0429. The quantitative estimate of drug-likeness (QED) is 0.879. The number of hydrogen-bond acceptors (Lipinski definition) is 1. The van der Waals surface area contributed by atoms with Gasteiger partial charge in [0.25, 0.3) is 0 Å². The van der Waals surface area contributed by atoms with Crippen molar-refractivity contribution in [3.63, 3.8) is 0 Å². The molecule has 0 aromatic heterocycles. The standard InChI is InChI=1S/C13H8ClFO2/c14-10-3-1-2-8(6-10)11-7-9(13(16)17)4-5-12(11)15/h1-7H,(H,16,17). The molecule has 86 valence electrons. The highest BCUT2D eigenvalue weighted by atomic mass is 35.5. The van der Waals surface area contributed by atoms with E-state index < -0.39 is 11.8 Å². The van der Waals surface area contributed by atoms with Crippen LogP contribution in [0.15, 0.2) is 42.5 Å². The highest BCUT2D eigenvalue weighted by molar-refractivity contribution is 6.30. The first kappa shape index (κ1) is 11.6. The van der Waals surface area contributed by atoms with E-state index in [9.17, 15) is 9.18 Å². The van der Waals surface area contributed by atoms with E-state index in [-0.39, 0.29) is 11.1 Å². The maximum absolute atomic E-state index is 13.6. The second kappa shape index (κ2) is 4.55. The highest BCUT2D eigenvalue weighted by Crippen LogP contribution is 2.26. The van der Waals surface area contributed by atoms with Crippen LogP contribution in [0.4, 0.5) is 4.39 Å². The molecule has 2 rings (SSSR count). The Hall–Kier alpha value is -1.87. The maximum Gasteiger partial charge on any atom is 0.335 e. The molecule has 0 aliphatic carbocycles. The van der Waals surface area contributed by atoms with Crippen LogP contribution in [0, 0.1) is 5.82 Å². The van der Waals surface area contributed by atoms with Crippen molar-refractivity contribution < 1.29 is 14.3 Å². The molecule has 2 nitrogen and oxygen atoms in total. The molecule has 0 aliphatic heterocycles. The van der Waals surface area contributed by atoms with Gasteiger partial charge in [0.1, 0.15) is 5.82 Å². The third-order valence-electron chi connectivity index (χ3n) is 2.35. The molecule has 0 heterocycles. The minimum atomic E-state index is -1.09. The van der Waals surface area contributed by atoms with E-state index in [1.54, 1.807) is 24.3 Å². The molecular formula is C13H8ClFO2. The molecular weight excluding hydrogens is 243 g/mol. The lowest BCUT2D eigenvalue weighted by molar-refractivity contribution is 0.0697. The van der Waals surface area contributed by atoms with Crippen LogP contribution in [0.5, 0.6) is 0 Å². The third kappa shape index (κ3) is 2.45. The summed E-state index contributed by atoms with van der Waals surface area (Å²) in [5.74, 6) is -1.56. The number of hydrogen-bond donors (Lipinski definition) is 1. The maximum atomic E-state index is 13.6. The van der Waals surface area contributed by atoms with Crippen molar-refractivity contribution >= 4 is 17.6 Å². The zero-order chi connectivity index (χ0) is 12.4. The molecule has 1 N–H and O–H groups in total. The zero-order valence-corrected chi connectivity index (χ0v) is 9.41. The summed E-state index contributed by atoms with van der Waals surface area (Å²) in [5, 5.41) is 9.33. The van der Waals surface area contributed by atoms with Gasteiger partial charge >= 0.3 is 5.97 Å². The van der Waals surface area contributed by atoms with Gasteiger partial charge in [-0.25, -0.2) is 9.18 Å². The molecule has 0 fully saturated rings. The third-order valence-corrected chi connectivity index (χ3v) is 2.58. The van der Waals surface area contributed by atoms with Gasteiger partial charge < -0.3 is 5.11 Å². The fraction of sp³-hybridized carbons (Fsp3) is 0. The monoisotopic (exact) mass is 250 g/mol. The SMILES string of the molecule is O=C(O)c1ccc(F)c(-c2cccc(Cl)c2)c1. The smallest absolute Gasteiger partial charge is 0.335 e. The van der Waals surface area contributed by atoms with Gasteiger partial charge in [0.15, 0.2) is 0 Å². The molecule has 0 saturated heterocycles. The summed E-state index contributed by atoms with van der Waals surface area (Å²) < 4.78 is 13.6. The average molecular weight is 251 g/mol. The Labute approximate surface area is 102 Å². The van der Waals surface area contributed by atoms with Crippen molar-refractivity contribution in [3.05, 3.63) is 58.9 Å². The van der Waals surface area contributed by atoms with Gasteiger partial charge in [-0.2, -0.15) is 0 Å². The van der Waals surface area contributed by atoms with Crippen molar-refractivity contribution in [1.82, 2.24) is 0 Å². The molecule has 0 spiro atoms. The number of rotatable bonds is 2. The Bertz CT molecular complexity index is 581. The first-order chi connectivity index (χ1) is 8.08. The summed E-state index contributed by atoms with van der Waals surface area (Å²) in [5.41, 5.74) is 0.826. The number of benzene rings is 2. The fourth-order valence-electron chi connectivity index (χ4n) is 1.54. The van der Waals surface area contributed by atoms with Crippen LogP contribution in [-0.2, 0) is 0 Å². The number of carboxylic acids is 1.